The maximum atomic E-state index is 10.1. The predicted molar refractivity (Wildman–Crippen MR) is 46.9 cm³/mol. The Labute approximate surface area is 73.9 Å². The third-order valence-corrected chi connectivity index (χ3v) is 2.85. The highest BCUT2D eigenvalue weighted by atomic mass is 16.5. The third kappa shape index (κ3) is 1.80. The van der Waals surface area contributed by atoms with Gasteiger partial charge in [0.1, 0.15) is 0 Å². The molecule has 0 aromatic carbocycles. The van der Waals surface area contributed by atoms with Crippen LogP contribution in [0.1, 0.15) is 39.5 Å². The minimum atomic E-state index is -0.509. The molecule has 0 bridgehead atoms. The van der Waals surface area contributed by atoms with E-state index < -0.39 is 5.60 Å². The first-order valence-electron chi connectivity index (χ1n) is 4.86. The van der Waals surface area contributed by atoms with Crippen LogP contribution in [0.4, 0.5) is 0 Å². The maximum Gasteiger partial charge on any atom is 0.0910 e. The summed E-state index contributed by atoms with van der Waals surface area (Å²) >= 11 is 0. The Morgan fingerprint density at radius 1 is 1.42 bits per heavy atom. The van der Waals surface area contributed by atoms with Crippen LogP contribution in [0, 0.1) is 5.92 Å². The van der Waals surface area contributed by atoms with Gasteiger partial charge < -0.3 is 9.84 Å². The number of hydrogen-bond donors (Lipinski definition) is 1. The van der Waals surface area contributed by atoms with Crippen LogP contribution in [-0.2, 0) is 4.74 Å². The lowest BCUT2D eigenvalue weighted by Gasteiger charge is -2.22. The third-order valence-electron chi connectivity index (χ3n) is 2.85. The Morgan fingerprint density at radius 3 is 2.50 bits per heavy atom. The zero-order valence-corrected chi connectivity index (χ0v) is 7.97. The van der Waals surface area contributed by atoms with Crippen LogP contribution in [0.25, 0.3) is 0 Å². The fourth-order valence-electron chi connectivity index (χ4n) is 2.21. The van der Waals surface area contributed by atoms with E-state index in [2.05, 4.69) is 13.8 Å². The van der Waals surface area contributed by atoms with Crippen LogP contribution in [0.15, 0.2) is 0 Å². The highest BCUT2D eigenvalue weighted by Crippen LogP contribution is 2.43. The van der Waals surface area contributed by atoms with E-state index in [1.54, 1.807) is 0 Å². The SMILES string of the molecule is CC1(C)CC(O)(CC2CC2)CO1. The smallest absolute Gasteiger partial charge is 0.0910 e. The summed E-state index contributed by atoms with van der Waals surface area (Å²) in [4.78, 5) is 0. The van der Waals surface area contributed by atoms with Crippen molar-refractivity contribution in [1.29, 1.82) is 0 Å². The molecule has 2 nitrogen and oxygen atoms in total. The number of ether oxygens (including phenoxy) is 1. The van der Waals surface area contributed by atoms with Crippen molar-refractivity contribution in [1.82, 2.24) is 0 Å². The van der Waals surface area contributed by atoms with Crippen molar-refractivity contribution in [3.63, 3.8) is 0 Å². The largest absolute Gasteiger partial charge is 0.387 e. The van der Waals surface area contributed by atoms with Gasteiger partial charge in [-0.2, -0.15) is 0 Å². The molecule has 0 spiro atoms. The molecular formula is C10H18O2. The van der Waals surface area contributed by atoms with Gasteiger partial charge in [0.2, 0.25) is 0 Å². The molecule has 0 amide bonds. The molecule has 2 rings (SSSR count). The molecule has 1 saturated carbocycles. The lowest BCUT2D eigenvalue weighted by molar-refractivity contribution is -0.000884. The molecule has 2 fully saturated rings. The molecule has 70 valence electrons. The summed E-state index contributed by atoms with van der Waals surface area (Å²) in [5.74, 6) is 0.785. The molecular weight excluding hydrogens is 152 g/mol. The molecule has 2 aliphatic rings. The zero-order valence-electron chi connectivity index (χ0n) is 7.97. The standard InChI is InChI=1S/C10H18O2/c1-9(2)6-10(11,7-12-9)5-8-3-4-8/h8,11H,3-7H2,1-2H3. The summed E-state index contributed by atoms with van der Waals surface area (Å²) in [7, 11) is 0. The van der Waals surface area contributed by atoms with E-state index >= 15 is 0 Å². The second-order valence-electron chi connectivity index (χ2n) is 5.10. The Kier molecular flexibility index (Phi) is 1.74. The van der Waals surface area contributed by atoms with Gasteiger partial charge in [0.05, 0.1) is 17.8 Å². The van der Waals surface area contributed by atoms with Crippen LogP contribution in [0.5, 0.6) is 0 Å². The highest BCUT2D eigenvalue weighted by Gasteiger charge is 2.45. The average molecular weight is 170 g/mol. The summed E-state index contributed by atoms with van der Waals surface area (Å²) in [6.07, 6.45) is 4.37. The van der Waals surface area contributed by atoms with Gasteiger partial charge in [-0.3, -0.25) is 0 Å². The maximum absolute atomic E-state index is 10.1. The van der Waals surface area contributed by atoms with Crippen LogP contribution < -0.4 is 0 Å². The number of hydrogen-bond acceptors (Lipinski definition) is 2. The Balaban J connectivity index is 1.93. The topological polar surface area (TPSA) is 29.5 Å². The van der Waals surface area contributed by atoms with Crippen LogP contribution in [0.3, 0.4) is 0 Å². The first-order chi connectivity index (χ1) is 5.49. The van der Waals surface area contributed by atoms with Crippen molar-refractivity contribution in [3.05, 3.63) is 0 Å². The van der Waals surface area contributed by atoms with Crippen LogP contribution in [-0.4, -0.2) is 22.9 Å². The average Bonchev–Trinajstić information content (AvgIpc) is 2.62. The molecule has 0 aromatic rings. The Morgan fingerprint density at radius 2 is 2.08 bits per heavy atom. The molecule has 1 unspecified atom stereocenters. The van der Waals surface area contributed by atoms with Crippen LogP contribution >= 0.6 is 0 Å². The molecule has 1 saturated heterocycles. The first-order valence-corrected chi connectivity index (χ1v) is 4.86. The molecule has 1 N–H and O–H groups in total. The molecule has 0 radical (unpaired) electrons. The van der Waals surface area contributed by atoms with Gasteiger partial charge in [0, 0.05) is 6.42 Å². The number of aliphatic hydroxyl groups is 1. The van der Waals surface area contributed by atoms with Crippen LogP contribution in [0.2, 0.25) is 0 Å². The second-order valence-corrected chi connectivity index (χ2v) is 5.10. The lowest BCUT2D eigenvalue weighted by Crippen LogP contribution is -2.31. The molecule has 1 atom stereocenters. The van der Waals surface area contributed by atoms with Gasteiger partial charge in [-0.05, 0) is 26.2 Å². The van der Waals surface area contributed by atoms with Gasteiger partial charge in [-0.1, -0.05) is 12.8 Å². The Hall–Kier alpha value is -0.0800. The lowest BCUT2D eigenvalue weighted by atomic mass is 9.89. The second kappa shape index (κ2) is 2.46. The molecule has 0 aromatic heterocycles. The predicted octanol–water partition coefficient (Wildman–Crippen LogP) is 1.72. The summed E-state index contributed by atoms with van der Waals surface area (Å²) in [6.45, 7) is 4.65. The van der Waals surface area contributed by atoms with Gasteiger partial charge in [-0.25, -0.2) is 0 Å². The first kappa shape index (κ1) is 8.52. The van der Waals surface area contributed by atoms with Crippen molar-refractivity contribution in [2.24, 2.45) is 5.92 Å². The quantitative estimate of drug-likeness (QED) is 0.683. The van der Waals surface area contributed by atoms with Crippen molar-refractivity contribution in [3.8, 4) is 0 Å². The molecule has 1 aliphatic heterocycles. The summed E-state index contributed by atoms with van der Waals surface area (Å²) < 4.78 is 5.53. The fourth-order valence-corrected chi connectivity index (χ4v) is 2.21. The van der Waals surface area contributed by atoms with E-state index in [-0.39, 0.29) is 5.60 Å². The minimum absolute atomic E-state index is 0.107. The summed E-state index contributed by atoms with van der Waals surface area (Å²) in [6, 6.07) is 0. The van der Waals surface area contributed by atoms with E-state index in [0.29, 0.717) is 6.61 Å². The van der Waals surface area contributed by atoms with Crippen molar-refractivity contribution < 1.29 is 9.84 Å². The highest BCUT2D eigenvalue weighted by molar-refractivity contribution is 4.96. The summed E-state index contributed by atoms with van der Waals surface area (Å²) in [5.41, 5.74) is -0.617. The minimum Gasteiger partial charge on any atom is -0.387 e. The van der Waals surface area contributed by atoms with Gasteiger partial charge >= 0.3 is 0 Å². The normalized spacial score (nSPS) is 40.2. The van der Waals surface area contributed by atoms with E-state index in [1.165, 1.54) is 12.8 Å². The van der Waals surface area contributed by atoms with Crippen molar-refractivity contribution in [2.75, 3.05) is 6.61 Å². The Bertz CT molecular complexity index is 184. The van der Waals surface area contributed by atoms with E-state index in [9.17, 15) is 5.11 Å². The molecule has 2 heteroatoms. The molecule has 1 heterocycles. The van der Waals surface area contributed by atoms with Gasteiger partial charge in [0.25, 0.3) is 0 Å². The van der Waals surface area contributed by atoms with Crippen molar-refractivity contribution >= 4 is 0 Å². The van der Waals surface area contributed by atoms with E-state index in [0.717, 1.165) is 18.8 Å². The molecule has 12 heavy (non-hydrogen) atoms. The number of rotatable bonds is 2. The zero-order chi connectivity index (χ0) is 8.82. The van der Waals surface area contributed by atoms with E-state index in [4.69, 9.17) is 4.74 Å². The van der Waals surface area contributed by atoms with Gasteiger partial charge in [-0.15, -0.1) is 0 Å². The fraction of sp³-hybridized carbons (Fsp3) is 1.00. The monoisotopic (exact) mass is 170 g/mol. The van der Waals surface area contributed by atoms with E-state index in [1.807, 2.05) is 0 Å². The van der Waals surface area contributed by atoms with Crippen molar-refractivity contribution in [2.45, 2.75) is 50.7 Å². The molecule has 1 aliphatic carbocycles. The summed E-state index contributed by atoms with van der Waals surface area (Å²) in [5, 5.41) is 10.1. The van der Waals surface area contributed by atoms with Gasteiger partial charge in [0.15, 0.2) is 0 Å².